The molecule has 1 aliphatic heterocycles. The summed E-state index contributed by atoms with van der Waals surface area (Å²) in [6.45, 7) is 1.39. The van der Waals surface area contributed by atoms with Crippen molar-refractivity contribution >= 4 is 12.0 Å². The molecular formula is C10H14N4O3. The SMILES string of the molecule is NC(=O)OC1CCN(c2ncc(O)cn2)CC1. The van der Waals surface area contributed by atoms with E-state index < -0.39 is 6.09 Å². The lowest BCUT2D eigenvalue weighted by Crippen LogP contribution is -2.39. The summed E-state index contributed by atoms with van der Waals surface area (Å²) in [6, 6.07) is 0. The normalized spacial score (nSPS) is 16.8. The van der Waals surface area contributed by atoms with Crippen molar-refractivity contribution in [2.24, 2.45) is 5.73 Å². The van der Waals surface area contributed by atoms with Crippen molar-refractivity contribution in [1.82, 2.24) is 9.97 Å². The van der Waals surface area contributed by atoms with E-state index in [2.05, 4.69) is 9.97 Å². The van der Waals surface area contributed by atoms with Crippen LogP contribution < -0.4 is 10.6 Å². The molecule has 92 valence electrons. The minimum Gasteiger partial charge on any atom is -0.505 e. The predicted molar refractivity (Wildman–Crippen MR) is 59.6 cm³/mol. The Morgan fingerprint density at radius 1 is 1.41 bits per heavy atom. The maximum atomic E-state index is 10.6. The molecule has 0 bridgehead atoms. The lowest BCUT2D eigenvalue weighted by atomic mass is 10.1. The summed E-state index contributed by atoms with van der Waals surface area (Å²) in [5.41, 5.74) is 4.96. The zero-order valence-electron chi connectivity index (χ0n) is 9.24. The van der Waals surface area contributed by atoms with Gasteiger partial charge in [0.25, 0.3) is 0 Å². The van der Waals surface area contributed by atoms with Gasteiger partial charge in [0.05, 0.1) is 12.4 Å². The standard InChI is InChI=1S/C10H14N4O3/c11-9(16)17-8-1-3-14(4-2-8)10-12-5-7(15)6-13-10/h5-6,8,15H,1-4H2,(H2,11,16). The number of carbonyl (C=O) groups is 1. The average Bonchev–Trinajstić information content (AvgIpc) is 2.30. The Morgan fingerprint density at radius 2 is 2.00 bits per heavy atom. The van der Waals surface area contributed by atoms with Gasteiger partial charge in [-0.2, -0.15) is 0 Å². The largest absolute Gasteiger partial charge is 0.505 e. The molecule has 0 unspecified atom stereocenters. The second-order valence-corrected chi connectivity index (χ2v) is 3.86. The first-order valence-electron chi connectivity index (χ1n) is 5.37. The molecule has 1 fully saturated rings. The molecule has 1 aromatic heterocycles. The third-order valence-electron chi connectivity index (χ3n) is 2.63. The van der Waals surface area contributed by atoms with Gasteiger partial charge >= 0.3 is 6.09 Å². The topological polar surface area (TPSA) is 102 Å². The van der Waals surface area contributed by atoms with Crippen molar-refractivity contribution in [3.8, 4) is 5.75 Å². The number of nitrogens with zero attached hydrogens (tertiary/aromatic N) is 3. The second kappa shape index (κ2) is 4.86. The average molecular weight is 238 g/mol. The first kappa shape index (κ1) is 11.4. The van der Waals surface area contributed by atoms with Crippen LogP contribution in [0.5, 0.6) is 5.75 Å². The summed E-state index contributed by atoms with van der Waals surface area (Å²) in [6.07, 6.45) is 3.26. The van der Waals surface area contributed by atoms with E-state index in [-0.39, 0.29) is 11.9 Å². The Morgan fingerprint density at radius 3 is 2.53 bits per heavy atom. The second-order valence-electron chi connectivity index (χ2n) is 3.86. The van der Waals surface area contributed by atoms with E-state index in [0.29, 0.717) is 31.9 Å². The maximum absolute atomic E-state index is 10.6. The molecule has 1 aromatic rings. The van der Waals surface area contributed by atoms with Crippen LogP contribution in [0.4, 0.5) is 10.7 Å². The van der Waals surface area contributed by atoms with Gasteiger partial charge in [0, 0.05) is 25.9 Å². The third-order valence-corrected chi connectivity index (χ3v) is 2.63. The molecule has 0 aromatic carbocycles. The number of carbonyl (C=O) groups excluding carboxylic acids is 1. The van der Waals surface area contributed by atoms with Crippen molar-refractivity contribution in [3.63, 3.8) is 0 Å². The Bertz CT molecular complexity index is 387. The summed E-state index contributed by atoms with van der Waals surface area (Å²) in [5.74, 6) is 0.612. The van der Waals surface area contributed by atoms with Crippen LogP contribution in [0.25, 0.3) is 0 Å². The van der Waals surface area contributed by atoms with Crippen molar-refractivity contribution in [3.05, 3.63) is 12.4 Å². The molecule has 1 aliphatic rings. The van der Waals surface area contributed by atoms with E-state index in [0.717, 1.165) is 0 Å². The first-order valence-corrected chi connectivity index (χ1v) is 5.37. The number of amides is 1. The van der Waals surface area contributed by atoms with Crippen LogP contribution in [0, 0.1) is 0 Å². The molecule has 0 radical (unpaired) electrons. The van der Waals surface area contributed by atoms with Gasteiger partial charge in [0.1, 0.15) is 6.10 Å². The number of aromatic nitrogens is 2. The molecule has 2 heterocycles. The maximum Gasteiger partial charge on any atom is 0.404 e. The van der Waals surface area contributed by atoms with Gasteiger partial charge in [0.2, 0.25) is 5.95 Å². The van der Waals surface area contributed by atoms with Crippen LogP contribution in [0.2, 0.25) is 0 Å². The molecule has 0 aliphatic carbocycles. The Labute approximate surface area is 98.2 Å². The van der Waals surface area contributed by atoms with E-state index in [4.69, 9.17) is 15.6 Å². The number of ether oxygens (including phenoxy) is 1. The summed E-state index contributed by atoms with van der Waals surface area (Å²) in [7, 11) is 0. The highest BCUT2D eigenvalue weighted by molar-refractivity contribution is 5.64. The molecule has 2 rings (SSSR count). The predicted octanol–water partition coefficient (Wildman–Crippen LogP) is 0.246. The number of hydrogen-bond donors (Lipinski definition) is 2. The Hall–Kier alpha value is -2.05. The minimum atomic E-state index is -0.732. The highest BCUT2D eigenvalue weighted by Gasteiger charge is 2.22. The van der Waals surface area contributed by atoms with Crippen molar-refractivity contribution in [2.45, 2.75) is 18.9 Å². The van der Waals surface area contributed by atoms with Gasteiger partial charge in [-0.05, 0) is 0 Å². The lowest BCUT2D eigenvalue weighted by Gasteiger charge is -2.31. The minimum absolute atomic E-state index is 0.0423. The van der Waals surface area contributed by atoms with Crippen LogP contribution in [0.3, 0.4) is 0 Å². The fourth-order valence-electron chi connectivity index (χ4n) is 1.82. The zero-order valence-corrected chi connectivity index (χ0v) is 9.24. The molecule has 7 nitrogen and oxygen atoms in total. The number of piperidine rings is 1. The number of nitrogens with two attached hydrogens (primary N) is 1. The molecule has 1 saturated heterocycles. The van der Waals surface area contributed by atoms with E-state index in [1.807, 2.05) is 4.90 Å². The van der Waals surface area contributed by atoms with Crippen molar-refractivity contribution in [2.75, 3.05) is 18.0 Å². The molecule has 0 saturated carbocycles. The van der Waals surface area contributed by atoms with E-state index in [1.54, 1.807) is 0 Å². The van der Waals surface area contributed by atoms with Crippen molar-refractivity contribution < 1.29 is 14.6 Å². The number of aromatic hydroxyl groups is 1. The van der Waals surface area contributed by atoms with Crippen LogP contribution in [0.1, 0.15) is 12.8 Å². The van der Waals surface area contributed by atoms with Crippen LogP contribution in [-0.2, 0) is 4.74 Å². The molecule has 0 spiro atoms. The fourth-order valence-corrected chi connectivity index (χ4v) is 1.82. The van der Waals surface area contributed by atoms with Gasteiger partial charge < -0.3 is 20.5 Å². The highest BCUT2D eigenvalue weighted by Crippen LogP contribution is 2.18. The monoisotopic (exact) mass is 238 g/mol. The molecule has 1 amide bonds. The van der Waals surface area contributed by atoms with Gasteiger partial charge in [-0.3, -0.25) is 0 Å². The highest BCUT2D eigenvalue weighted by atomic mass is 16.6. The summed E-state index contributed by atoms with van der Waals surface area (Å²) >= 11 is 0. The Balaban J connectivity index is 1.90. The number of rotatable bonds is 2. The summed E-state index contributed by atoms with van der Waals surface area (Å²) in [4.78, 5) is 20.6. The van der Waals surface area contributed by atoms with E-state index in [1.165, 1.54) is 12.4 Å². The third kappa shape index (κ3) is 2.96. The Kier molecular flexibility index (Phi) is 3.27. The molecule has 17 heavy (non-hydrogen) atoms. The molecule has 0 atom stereocenters. The number of anilines is 1. The summed E-state index contributed by atoms with van der Waals surface area (Å²) in [5, 5.41) is 9.08. The van der Waals surface area contributed by atoms with Crippen LogP contribution in [-0.4, -0.2) is 40.4 Å². The van der Waals surface area contributed by atoms with E-state index in [9.17, 15) is 4.79 Å². The molecule has 3 N–H and O–H groups in total. The van der Waals surface area contributed by atoms with Crippen LogP contribution in [0.15, 0.2) is 12.4 Å². The van der Waals surface area contributed by atoms with Gasteiger partial charge in [-0.15, -0.1) is 0 Å². The first-order chi connectivity index (χ1) is 8.15. The lowest BCUT2D eigenvalue weighted by molar-refractivity contribution is 0.0910. The quantitative estimate of drug-likeness (QED) is 0.765. The van der Waals surface area contributed by atoms with Crippen molar-refractivity contribution in [1.29, 1.82) is 0 Å². The molecule has 7 heteroatoms. The summed E-state index contributed by atoms with van der Waals surface area (Å²) < 4.78 is 4.93. The smallest absolute Gasteiger partial charge is 0.404 e. The molecular weight excluding hydrogens is 224 g/mol. The fraction of sp³-hybridized carbons (Fsp3) is 0.500. The van der Waals surface area contributed by atoms with E-state index >= 15 is 0 Å². The van der Waals surface area contributed by atoms with Gasteiger partial charge in [-0.1, -0.05) is 0 Å². The number of primary amides is 1. The van der Waals surface area contributed by atoms with Gasteiger partial charge in [-0.25, -0.2) is 14.8 Å². The number of hydrogen-bond acceptors (Lipinski definition) is 6. The van der Waals surface area contributed by atoms with Crippen LogP contribution >= 0.6 is 0 Å². The zero-order chi connectivity index (χ0) is 12.3. The van der Waals surface area contributed by atoms with Gasteiger partial charge in [0.15, 0.2) is 5.75 Å².